The normalized spacial score (nSPS) is 18.9. The number of aromatic nitrogens is 2. The van der Waals surface area contributed by atoms with Gasteiger partial charge in [0, 0.05) is 17.8 Å². The first-order valence-corrected chi connectivity index (χ1v) is 12.5. The lowest BCUT2D eigenvalue weighted by Gasteiger charge is -2.40. The Morgan fingerprint density at radius 1 is 1.13 bits per heavy atom. The van der Waals surface area contributed by atoms with Crippen LogP contribution in [-0.4, -0.2) is 46.0 Å². The summed E-state index contributed by atoms with van der Waals surface area (Å²) >= 11 is 0. The van der Waals surface area contributed by atoms with E-state index in [0.29, 0.717) is 28.8 Å². The number of ether oxygens (including phenoxy) is 2. The van der Waals surface area contributed by atoms with Crippen LogP contribution in [0.5, 0.6) is 11.5 Å². The highest BCUT2D eigenvalue weighted by molar-refractivity contribution is 5.83. The van der Waals surface area contributed by atoms with Crippen molar-refractivity contribution < 1.29 is 37.3 Å². The van der Waals surface area contributed by atoms with Gasteiger partial charge in [0.05, 0.1) is 11.0 Å². The molecule has 1 fully saturated rings. The Balaban J connectivity index is 1.63. The van der Waals surface area contributed by atoms with Gasteiger partial charge in [0.2, 0.25) is 5.95 Å². The standard InChI is InChI=1S/C27H31F3N4O5/c1-16-10-18(13-26(2,3)12-16)34-22-9-8-20(38-15-23(35)31-14-24(36)37)11-21(22)33-25(34)32-17-4-6-19(7-5-17)39-27(28,29)30/h4-9,11,16,18H,10,12-15H2,1-3H3,(H,31,35)(H,32,33)(H,36,37)/t16-,18+/m0/s1. The number of rotatable bonds is 9. The van der Waals surface area contributed by atoms with Gasteiger partial charge in [0.25, 0.3) is 5.91 Å². The minimum atomic E-state index is -4.77. The molecule has 1 aliphatic rings. The lowest BCUT2D eigenvalue weighted by atomic mass is 9.70. The smallest absolute Gasteiger partial charge is 0.484 e. The van der Waals surface area contributed by atoms with Gasteiger partial charge in [-0.05, 0) is 67.0 Å². The van der Waals surface area contributed by atoms with E-state index in [0.717, 1.165) is 24.8 Å². The van der Waals surface area contributed by atoms with Crippen LogP contribution < -0.4 is 20.1 Å². The summed E-state index contributed by atoms with van der Waals surface area (Å²) in [4.78, 5) is 27.2. The number of carbonyl (C=O) groups is 2. The number of carboxylic acids is 1. The van der Waals surface area contributed by atoms with Crippen molar-refractivity contribution in [3.05, 3.63) is 42.5 Å². The van der Waals surface area contributed by atoms with Crippen LogP contribution in [0.4, 0.5) is 24.8 Å². The van der Waals surface area contributed by atoms with Gasteiger partial charge in [-0.3, -0.25) is 9.59 Å². The van der Waals surface area contributed by atoms with E-state index in [-0.39, 0.29) is 23.8 Å². The summed E-state index contributed by atoms with van der Waals surface area (Å²) in [6, 6.07) is 10.8. The zero-order valence-corrected chi connectivity index (χ0v) is 21.8. The van der Waals surface area contributed by atoms with Crippen molar-refractivity contribution in [2.24, 2.45) is 11.3 Å². The fourth-order valence-corrected chi connectivity index (χ4v) is 5.36. The van der Waals surface area contributed by atoms with E-state index >= 15 is 0 Å². The summed E-state index contributed by atoms with van der Waals surface area (Å²) in [6.07, 6.45) is -1.83. The maximum atomic E-state index is 12.6. The van der Waals surface area contributed by atoms with Gasteiger partial charge in [0.1, 0.15) is 18.0 Å². The van der Waals surface area contributed by atoms with Crippen molar-refractivity contribution in [2.45, 2.75) is 52.4 Å². The average Bonchev–Trinajstić information content (AvgIpc) is 3.17. The zero-order chi connectivity index (χ0) is 28.4. The van der Waals surface area contributed by atoms with Gasteiger partial charge < -0.3 is 29.8 Å². The minimum Gasteiger partial charge on any atom is -0.484 e. The second-order valence-corrected chi connectivity index (χ2v) is 10.7. The zero-order valence-electron chi connectivity index (χ0n) is 21.8. The topological polar surface area (TPSA) is 115 Å². The SMILES string of the molecule is C[C@H]1C[C@@H](n2c(Nc3ccc(OC(F)(F)F)cc3)nc3cc(OCC(=O)NCC(=O)O)ccc32)CC(C)(C)C1. The number of carboxylic acid groups (broad SMARTS) is 1. The molecule has 0 radical (unpaired) electrons. The summed E-state index contributed by atoms with van der Waals surface area (Å²) in [6.45, 7) is 5.84. The van der Waals surface area contributed by atoms with Crippen LogP contribution in [-0.2, 0) is 9.59 Å². The van der Waals surface area contributed by atoms with Gasteiger partial charge in [-0.15, -0.1) is 13.2 Å². The van der Waals surface area contributed by atoms with Gasteiger partial charge in [-0.25, -0.2) is 4.98 Å². The van der Waals surface area contributed by atoms with Crippen LogP contribution in [0.2, 0.25) is 0 Å². The molecule has 39 heavy (non-hydrogen) atoms. The predicted octanol–water partition coefficient (Wildman–Crippen LogP) is 5.65. The van der Waals surface area contributed by atoms with Crippen LogP contribution in [0.1, 0.15) is 46.1 Å². The minimum absolute atomic E-state index is 0.110. The number of nitrogens with zero attached hydrogens (tertiary/aromatic N) is 2. The number of anilines is 2. The summed E-state index contributed by atoms with van der Waals surface area (Å²) in [5.74, 6) is -0.649. The third-order valence-electron chi connectivity index (χ3n) is 6.54. The molecule has 9 nitrogen and oxygen atoms in total. The molecule has 0 unspecified atom stereocenters. The highest BCUT2D eigenvalue weighted by atomic mass is 19.4. The monoisotopic (exact) mass is 548 g/mol. The summed E-state index contributed by atoms with van der Waals surface area (Å²) in [5, 5.41) is 14.2. The molecule has 2 aromatic carbocycles. The first-order valence-electron chi connectivity index (χ1n) is 12.5. The van der Waals surface area contributed by atoms with Crippen molar-refractivity contribution in [3.8, 4) is 11.5 Å². The Labute approximate surface area is 223 Å². The quantitative estimate of drug-likeness (QED) is 0.317. The summed E-state index contributed by atoms with van der Waals surface area (Å²) in [5.41, 5.74) is 2.09. The van der Waals surface area contributed by atoms with E-state index < -0.39 is 24.8 Å². The number of imidazole rings is 1. The maximum Gasteiger partial charge on any atom is 0.573 e. The molecule has 1 saturated carbocycles. The molecule has 1 aromatic heterocycles. The molecule has 0 saturated heterocycles. The third-order valence-corrected chi connectivity index (χ3v) is 6.54. The van der Waals surface area contributed by atoms with Gasteiger partial charge in [-0.1, -0.05) is 20.8 Å². The Kier molecular flexibility index (Phi) is 7.94. The number of hydrogen-bond acceptors (Lipinski definition) is 6. The molecule has 210 valence electrons. The van der Waals surface area contributed by atoms with Gasteiger partial charge in [0.15, 0.2) is 6.61 Å². The number of amides is 1. The average molecular weight is 549 g/mol. The van der Waals surface area contributed by atoms with E-state index in [2.05, 4.69) is 40.7 Å². The molecule has 0 bridgehead atoms. The molecule has 3 aromatic rings. The lowest BCUT2D eigenvalue weighted by molar-refractivity contribution is -0.274. The Hall–Kier alpha value is -3.96. The Morgan fingerprint density at radius 3 is 2.46 bits per heavy atom. The van der Waals surface area contributed by atoms with E-state index in [1.807, 2.05) is 6.07 Å². The molecule has 1 amide bonds. The molecule has 2 atom stereocenters. The number of nitrogens with one attached hydrogen (secondary N) is 2. The van der Waals surface area contributed by atoms with Crippen molar-refractivity contribution in [1.29, 1.82) is 0 Å². The Bertz CT molecular complexity index is 1340. The van der Waals surface area contributed by atoms with Gasteiger partial charge >= 0.3 is 12.3 Å². The van der Waals surface area contributed by atoms with Crippen LogP contribution in [0.15, 0.2) is 42.5 Å². The highest BCUT2D eigenvalue weighted by Gasteiger charge is 2.35. The molecule has 0 aliphatic heterocycles. The van der Waals surface area contributed by atoms with Crippen LogP contribution in [0.25, 0.3) is 11.0 Å². The van der Waals surface area contributed by atoms with Crippen molar-refractivity contribution in [1.82, 2.24) is 14.9 Å². The second kappa shape index (κ2) is 11.0. The lowest BCUT2D eigenvalue weighted by Crippen LogP contribution is -2.33. The Morgan fingerprint density at radius 2 is 1.82 bits per heavy atom. The largest absolute Gasteiger partial charge is 0.573 e. The molecule has 3 N–H and O–H groups in total. The number of aliphatic carboxylic acids is 1. The molecule has 1 heterocycles. The molecule has 4 rings (SSSR count). The number of carbonyl (C=O) groups excluding carboxylic acids is 1. The van der Waals surface area contributed by atoms with E-state index in [1.54, 1.807) is 12.1 Å². The molecular formula is C27H31F3N4O5. The predicted molar refractivity (Wildman–Crippen MR) is 138 cm³/mol. The van der Waals surface area contributed by atoms with Crippen LogP contribution >= 0.6 is 0 Å². The van der Waals surface area contributed by atoms with Crippen LogP contribution in [0, 0.1) is 11.3 Å². The van der Waals surface area contributed by atoms with Crippen molar-refractivity contribution >= 4 is 34.5 Å². The third kappa shape index (κ3) is 7.55. The summed E-state index contributed by atoms with van der Waals surface area (Å²) < 4.78 is 49.3. The van der Waals surface area contributed by atoms with Crippen LogP contribution in [0.3, 0.4) is 0 Å². The first kappa shape index (κ1) is 28.1. The van der Waals surface area contributed by atoms with E-state index in [4.69, 9.17) is 14.8 Å². The number of halogens is 3. The number of benzene rings is 2. The second-order valence-electron chi connectivity index (χ2n) is 10.7. The fraction of sp³-hybridized carbons (Fsp3) is 0.444. The maximum absolute atomic E-state index is 12.6. The van der Waals surface area contributed by atoms with E-state index in [1.165, 1.54) is 24.3 Å². The number of hydrogen-bond donors (Lipinski definition) is 3. The number of fused-ring (bicyclic) bond motifs is 1. The van der Waals surface area contributed by atoms with Gasteiger partial charge in [-0.2, -0.15) is 0 Å². The number of alkyl halides is 3. The fourth-order valence-electron chi connectivity index (χ4n) is 5.36. The molecule has 0 spiro atoms. The first-order chi connectivity index (χ1) is 18.3. The summed E-state index contributed by atoms with van der Waals surface area (Å²) in [7, 11) is 0. The molecular weight excluding hydrogens is 517 g/mol. The molecule has 12 heteroatoms. The van der Waals surface area contributed by atoms with E-state index in [9.17, 15) is 22.8 Å². The highest BCUT2D eigenvalue weighted by Crippen LogP contribution is 2.46. The van der Waals surface area contributed by atoms with Crippen molar-refractivity contribution in [3.63, 3.8) is 0 Å². The van der Waals surface area contributed by atoms with Crippen molar-refractivity contribution in [2.75, 3.05) is 18.5 Å². The molecule has 1 aliphatic carbocycles.